The van der Waals surface area contributed by atoms with E-state index in [0.717, 1.165) is 47.1 Å². The molecule has 43 heavy (non-hydrogen) atoms. The normalized spacial score (nSPS) is 10.2. The predicted octanol–water partition coefficient (Wildman–Crippen LogP) is 7.09. The second-order valence-electron chi connectivity index (χ2n) is 9.90. The number of hydrogen-bond donors (Lipinski definition) is 3. The first kappa shape index (κ1) is 41.4. The molecule has 2 heterocycles. The van der Waals surface area contributed by atoms with Crippen molar-refractivity contribution in [2.75, 3.05) is 6.61 Å². The summed E-state index contributed by atoms with van der Waals surface area (Å²) in [6, 6.07) is 11.3. The number of phenols is 1. The zero-order chi connectivity index (χ0) is 33.0. The van der Waals surface area contributed by atoms with Gasteiger partial charge in [-0.15, -0.1) is 0 Å². The molecule has 0 spiro atoms. The fraction of sp³-hybridized carbons (Fsp3) is 0.486. The summed E-state index contributed by atoms with van der Waals surface area (Å²) in [5, 5.41) is 26.4. The van der Waals surface area contributed by atoms with Crippen LogP contribution in [0, 0.1) is 0 Å². The summed E-state index contributed by atoms with van der Waals surface area (Å²) in [5.41, 5.74) is 4.20. The first-order valence-electron chi connectivity index (χ1n) is 15.3. The maximum atomic E-state index is 9.60. The summed E-state index contributed by atoms with van der Waals surface area (Å²) >= 11 is 0. The number of aromatic hydroxyl groups is 1. The van der Waals surface area contributed by atoms with Gasteiger partial charge in [0, 0.05) is 31.1 Å². The van der Waals surface area contributed by atoms with E-state index in [9.17, 15) is 4.79 Å². The lowest BCUT2D eigenvalue weighted by molar-refractivity contribution is -0.137. The fourth-order valence-corrected chi connectivity index (χ4v) is 3.05. The maximum Gasteiger partial charge on any atom is 0.303 e. The van der Waals surface area contributed by atoms with Gasteiger partial charge in [-0.3, -0.25) is 19.3 Å². The highest BCUT2D eigenvalue weighted by molar-refractivity contribution is 5.82. The van der Waals surface area contributed by atoms with Crippen molar-refractivity contribution >= 4 is 24.0 Å². The van der Waals surface area contributed by atoms with Crippen LogP contribution in [-0.4, -0.2) is 48.1 Å². The molecule has 8 heteroatoms. The van der Waals surface area contributed by atoms with Crippen molar-refractivity contribution in [3.8, 4) is 11.4 Å². The van der Waals surface area contributed by atoms with Gasteiger partial charge in [0.25, 0.3) is 0 Å². The number of aliphatic hydroxyl groups excluding tert-OH is 1. The number of rotatable bonds is 9. The Morgan fingerprint density at radius 2 is 1.44 bits per heavy atom. The third kappa shape index (κ3) is 21.6. The van der Waals surface area contributed by atoms with Crippen LogP contribution in [0.5, 0.6) is 5.75 Å². The number of aryl methyl sites for hydroxylation is 1. The Bertz CT molecular complexity index is 1230. The summed E-state index contributed by atoms with van der Waals surface area (Å²) in [4.78, 5) is 22.4. The first-order chi connectivity index (χ1) is 20.5. The van der Waals surface area contributed by atoms with Crippen LogP contribution in [0.15, 0.2) is 60.1 Å². The molecule has 0 bridgehead atoms. The van der Waals surface area contributed by atoms with Gasteiger partial charge in [0.05, 0.1) is 16.7 Å². The number of nitrogens with zero attached hydrogens (tertiary/aromatic N) is 4. The summed E-state index contributed by atoms with van der Waals surface area (Å²) in [6.07, 6.45) is 13.4. The van der Waals surface area contributed by atoms with E-state index >= 15 is 0 Å². The predicted molar refractivity (Wildman–Crippen MR) is 181 cm³/mol. The number of aliphatic hydroxyl groups is 1. The SMILES string of the molecule is C=c1/c(=C(/C)N=C(C)C)ncn1-c1ccncc1.CCCC.CCCC(=O)O.CCCCc1ccc(O)cc1.CCCO. The molecular weight excluding hydrogens is 540 g/mol. The second-order valence-corrected chi connectivity index (χ2v) is 9.90. The second kappa shape index (κ2) is 27.1. The van der Waals surface area contributed by atoms with Gasteiger partial charge < -0.3 is 15.3 Å². The lowest BCUT2D eigenvalue weighted by Gasteiger charge is -2.00. The van der Waals surface area contributed by atoms with Crippen LogP contribution in [0.2, 0.25) is 0 Å². The molecule has 240 valence electrons. The molecule has 0 radical (unpaired) electrons. The summed E-state index contributed by atoms with van der Waals surface area (Å²) in [6.45, 7) is 20.6. The Balaban J connectivity index is 0. The van der Waals surface area contributed by atoms with Crippen LogP contribution in [0.3, 0.4) is 0 Å². The van der Waals surface area contributed by atoms with E-state index in [0.29, 0.717) is 18.8 Å². The molecule has 8 nitrogen and oxygen atoms in total. The molecule has 0 aliphatic heterocycles. The summed E-state index contributed by atoms with van der Waals surface area (Å²) in [7, 11) is 0. The molecular formula is C35H56N4O4. The van der Waals surface area contributed by atoms with E-state index in [4.69, 9.17) is 15.3 Å². The van der Waals surface area contributed by atoms with E-state index in [-0.39, 0.29) is 0 Å². The number of hydrogen-bond acceptors (Lipinski definition) is 6. The van der Waals surface area contributed by atoms with E-state index in [1.54, 1.807) is 30.9 Å². The molecule has 3 aromatic rings. The summed E-state index contributed by atoms with van der Waals surface area (Å²) in [5.74, 6) is -0.359. The lowest BCUT2D eigenvalue weighted by Crippen LogP contribution is -2.29. The number of aliphatic carboxylic acids is 1. The number of pyridine rings is 1. The fourth-order valence-electron chi connectivity index (χ4n) is 3.05. The van der Waals surface area contributed by atoms with Gasteiger partial charge in [0.2, 0.25) is 0 Å². The minimum Gasteiger partial charge on any atom is -0.508 e. The van der Waals surface area contributed by atoms with Crippen LogP contribution in [0.25, 0.3) is 18.0 Å². The van der Waals surface area contributed by atoms with E-state index in [1.807, 2.05) is 63.5 Å². The van der Waals surface area contributed by atoms with Gasteiger partial charge in [-0.1, -0.05) is 72.6 Å². The first-order valence-corrected chi connectivity index (χ1v) is 15.3. The van der Waals surface area contributed by atoms with Crippen molar-refractivity contribution in [2.24, 2.45) is 4.99 Å². The Kier molecular flexibility index (Phi) is 26.0. The number of aliphatic imine (C=N–C) groups is 1. The number of carboxylic acids is 1. The molecule has 0 saturated heterocycles. The van der Waals surface area contributed by atoms with Crippen molar-refractivity contribution in [3.05, 3.63) is 71.4 Å². The lowest BCUT2D eigenvalue weighted by atomic mass is 10.1. The molecule has 3 N–H and O–H groups in total. The van der Waals surface area contributed by atoms with Crippen LogP contribution < -0.4 is 10.7 Å². The quantitative estimate of drug-likeness (QED) is 0.227. The van der Waals surface area contributed by atoms with Gasteiger partial charge in [-0.05, 0) is 76.3 Å². The van der Waals surface area contributed by atoms with E-state index in [2.05, 4.69) is 42.3 Å². The van der Waals surface area contributed by atoms with Gasteiger partial charge >= 0.3 is 5.97 Å². The number of imidazole rings is 1. The minimum absolute atomic E-state index is 0.292. The highest BCUT2D eigenvalue weighted by atomic mass is 16.4. The van der Waals surface area contributed by atoms with E-state index in [1.165, 1.54) is 31.2 Å². The van der Waals surface area contributed by atoms with Gasteiger partial charge in [0.1, 0.15) is 17.4 Å². The molecule has 1 aromatic carbocycles. The van der Waals surface area contributed by atoms with Crippen LogP contribution in [0.4, 0.5) is 0 Å². The Morgan fingerprint density at radius 1 is 0.884 bits per heavy atom. The molecule has 0 fully saturated rings. The standard InChI is InChI=1S/C14H16N4.C10H14O.C4H8O2.C4H10.C3H8O/c1-10(2)17-11(3)14-12(4)18(9-16-14)13-5-7-15-8-6-13;1-2-3-4-9-5-7-10(11)8-6-9;1-2-3-4(5)6;1-3-4-2;1-2-3-4/h5-9H,4H2,1-3H3;5-8,11H,2-4H2,1H3;2-3H2,1H3,(H,5,6);3-4H2,1-2H3;4H,2-3H2,1H3/b14-11+;;;;. The molecule has 0 atom stereocenters. The monoisotopic (exact) mass is 596 g/mol. The Labute approximate surface area is 259 Å². The molecule has 0 amide bonds. The van der Waals surface area contributed by atoms with Crippen LogP contribution in [-0.2, 0) is 11.2 Å². The molecule has 0 aliphatic carbocycles. The van der Waals surface area contributed by atoms with Crippen molar-refractivity contribution < 1.29 is 20.1 Å². The Morgan fingerprint density at radius 3 is 1.84 bits per heavy atom. The number of phenolic OH excluding ortho intramolecular Hbond substituents is 1. The molecule has 0 aliphatic rings. The van der Waals surface area contributed by atoms with Gasteiger partial charge in [-0.25, -0.2) is 4.98 Å². The number of carboxylic acid groups (broad SMARTS) is 1. The van der Waals surface area contributed by atoms with Crippen LogP contribution in [0.1, 0.15) is 106 Å². The van der Waals surface area contributed by atoms with Gasteiger partial charge in [-0.2, -0.15) is 0 Å². The highest BCUT2D eigenvalue weighted by Crippen LogP contribution is 2.11. The average molecular weight is 597 g/mol. The highest BCUT2D eigenvalue weighted by Gasteiger charge is 2.01. The maximum absolute atomic E-state index is 9.60. The van der Waals surface area contributed by atoms with Crippen molar-refractivity contribution in [2.45, 2.75) is 107 Å². The molecule has 0 unspecified atom stereocenters. The number of aromatic nitrogens is 3. The zero-order valence-corrected chi connectivity index (χ0v) is 27.8. The number of benzene rings is 1. The zero-order valence-electron chi connectivity index (χ0n) is 27.8. The van der Waals surface area contributed by atoms with Crippen molar-refractivity contribution in [1.29, 1.82) is 0 Å². The molecule has 3 rings (SSSR count). The molecule has 2 aromatic heterocycles. The largest absolute Gasteiger partial charge is 0.508 e. The van der Waals surface area contributed by atoms with Crippen molar-refractivity contribution in [1.82, 2.24) is 14.5 Å². The third-order valence-electron chi connectivity index (χ3n) is 5.48. The van der Waals surface area contributed by atoms with Crippen molar-refractivity contribution in [3.63, 3.8) is 0 Å². The smallest absolute Gasteiger partial charge is 0.303 e. The number of carbonyl (C=O) groups is 1. The third-order valence-corrected chi connectivity index (χ3v) is 5.48. The van der Waals surface area contributed by atoms with Crippen LogP contribution >= 0.6 is 0 Å². The molecule has 0 saturated carbocycles. The average Bonchev–Trinajstić information content (AvgIpc) is 3.39. The van der Waals surface area contributed by atoms with Gasteiger partial charge in [0.15, 0.2) is 0 Å². The van der Waals surface area contributed by atoms with E-state index < -0.39 is 5.97 Å². The minimum atomic E-state index is -0.711. The summed E-state index contributed by atoms with van der Waals surface area (Å²) < 4.78 is 1.93. The number of unbranched alkanes of at least 4 members (excludes halogenated alkanes) is 2. The topological polar surface area (TPSA) is 121 Å². The Hall–Kier alpha value is -3.78.